The van der Waals surface area contributed by atoms with Gasteiger partial charge in [-0.15, -0.1) is 11.3 Å². The van der Waals surface area contributed by atoms with Crippen molar-refractivity contribution in [3.63, 3.8) is 0 Å². The molecule has 1 aromatic carbocycles. The number of thiazole rings is 1. The molecule has 1 saturated carbocycles. The molecule has 1 spiro atoms. The summed E-state index contributed by atoms with van der Waals surface area (Å²) in [5.41, 5.74) is 0.441. The van der Waals surface area contributed by atoms with Crippen LogP contribution in [0.2, 0.25) is 0 Å². The van der Waals surface area contributed by atoms with Crippen LogP contribution in [-0.2, 0) is 4.79 Å². The number of amides is 3. The van der Waals surface area contributed by atoms with Crippen LogP contribution in [0.1, 0.15) is 50.1 Å². The highest BCUT2D eigenvalue weighted by Gasteiger charge is 2.51. The molecule has 2 saturated heterocycles. The Bertz CT molecular complexity index is 913. The number of para-hydroxylation sites is 1. The summed E-state index contributed by atoms with van der Waals surface area (Å²) in [4.78, 5) is 36.5. The van der Waals surface area contributed by atoms with Crippen molar-refractivity contribution < 1.29 is 9.59 Å². The van der Waals surface area contributed by atoms with Gasteiger partial charge in [-0.1, -0.05) is 31.4 Å². The highest BCUT2D eigenvalue weighted by molar-refractivity contribution is 7.18. The van der Waals surface area contributed by atoms with Gasteiger partial charge in [-0.05, 0) is 31.9 Å². The van der Waals surface area contributed by atoms with Gasteiger partial charge in [0.2, 0.25) is 0 Å². The van der Waals surface area contributed by atoms with Crippen molar-refractivity contribution in [2.75, 3.05) is 32.8 Å². The number of piperazine rings is 1. The number of imide groups is 1. The highest BCUT2D eigenvalue weighted by atomic mass is 32.1. The highest BCUT2D eigenvalue weighted by Crippen LogP contribution is 2.34. The Morgan fingerprint density at radius 3 is 2.57 bits per heavy atom. The SMILES string of the molecule is C[C@@H](c1nc2ccccc2s1)N1CCN(CN2C(=O)NC3(CCCCC3)C2=O)CC1. The summed E-state index contributed by atoms with van der Waals surface area (Å²) in [6.45, 7) is 6.13. The molecule has 30 heavy (non-hydrogen) atoms. The number of hydrogen-bond acceptors (Lipinski definition) is 6. The molecule has 1 aromatic heterocycles. The average Bonchev–Trinajstić information content (AvgIpc) is 3.30. The molecule has 1 aliphatic carbocycles. The fourth-order valence-electron chi connectivity index (χ4n) is 5.02. The molecule has 0 radical (unpaired) electrons. The fraction of sp³-hybridized carbons (Fsp3) is 0.591. The summed E-state index contributed by atoms with van der Waals surface area (Å²) < 4.78 is 1.23. The van der Waals surface area contributed by atoms with Crippen molar-refractivity contribution in [2.45, 2.75) is 50.6 Å². The third kappa shape index (κ3) is 3.50. The van der Waals surface area contributed by atoms with Crippen LogP contribution in [0.15, 0.2) is 24.3 Å². The lowest BCUT2D eigenvalue weighted by molar-refractivity contribution is -0.134. The van der Waals surface area contributed by atoms with E-state index in [1.54, 1.807) is 11.3 Å². The van der Waals surface area contributed by atoms with Crippen molar-refractivity contribution >= 4 is 33.5 Å². The van der Waals surface area contributed by atoms with Gasteiger partial charge >= 0.3 is 6.03 Å². The molecular formula is C22H29N5O2S. The van der Waals surface area contributed by atoms with Crippen LogP contribution >= 0.6 is 11.3 Å². The van der Waals surface area contributed by atoms with E-state index in [9.17, 15) is 9.59 Å². The van der Waals surface area contributed by atoms with Crippen LogP contribution in [0.25, 0.3) is 10.2 Å². The third-order valence-electron chi connectivity index (χ3n) is 6.92. The Kier molecular flexibility index (Phi) is 5.24. The second-order valence-corrected chi connectivity index (χ2v) is 9.86. The van der Waals surface area contributed by atoms with Gasteiger partial charge in [0.15, 0.2) is 0 Å². The fourth-order valence-corrected chi connectivity index (χ4v) is 6.07. The molecule has 160 valence electrons. The Morgan fingerprint density at radius 1 is 1.10 bits per heavy atom. The lowest BCUT2D eigenvalue weighted by atomic mass is 9.82. The summed E-state index contributed by atoms with van der Waals surface area (Å²) in [5, 5.41) is 4.16. The van der Waals surface area contributed by atoms with Crippen molar-refractivity contribution in [1.82, 2.24) is 25.0 Å². The third-order valence-corrected chi connectivity index (χ3v) is 8.12. The molecule has 3 amide bonds. The number of benzene rings is 1. The van der Waals surface area contributed by atoms with Crippen LogP contribution in [0.5, 0.6) is 0 Å². The van der Waals surface area contributed by atoms with Gasteiger partial charge in [-0.2, -0.15) is 0 Å². The zero-order valence-electron chi connectivity index (χ0n) is 17.5. The van der Waals surface area contributed by atoms with Crippen molar-refractivity contribution in [1.29, 1.82) is 0 Å². The van der Waals surface area contributed by atoms with Crippen LogP contribution < -0.4 is 5.32 Å². The number of carbonyl (C=O) groups is 2. The predicted octanol–water partition coefficient (Wildman–Crippen LogP) is 3.19. The number of rotatable bonds is 4. The Labute approximate surface area is 181 Å². The zero-order chi connectivity index (χ0) is 20.7. The van der Waals surface area contributed by atoms with Crippen LogP contribution in [0.4, 0.5) is 4.79 Å². The van der Waals surface area contributed by atoms with E-state index in [1.165, 1.54) is 9.60 Å². The molecule has 3 aliphatic rings. The van der Waals surface area contributed by atoms with E-state index < -0.39 is 5.54 Å². The lowest BCUT2D eigenvalue weighted by Gasteiger charge is -2.38. The van der Waals surface area contributed by atoms with E-state index in [0.29, 0.717) is 6.67 Å². The van der Waals surface area contributed by atoms with Gasteiger partial charge in [-0.3, -0.25) is 14.6 Å². The Balaban J connectivity index is 1.19. The molecule has 5 rings (SSSR count). The number of hydrogen-bond donors (Lipinski definition) is 1. The maximum atomic E-state index is 13.0. The maximum Gasteiger partial charge on any atom is 0.326 e. The first-order valence-electron chi connectivity index (χ1n) is 11.0. The predicted molar refractivity (Wildman–Crippen MR) is 117 cm³/mol. The van der Waals surface area contributed by atoms with Crippen molar-refractivity contribution in [2.24, 2.45) is 0 Å². The topological polar surface area (TPSA) is 68.8 Å². The van der Waals surface area contributed by atoms with Gasteiger partial charge in [-0.25, -0.2) is 14.7 Å². The smallest absolute Gasteiger partial charge is 0.323 e. The zero-order valence-corrected chi connectivity index (χ0v) is 18.3. The minimum absolute atomic E-state index is 0.0162. The number of fused-ring (bicyclic) bond motifs is 1. The molecule has 1 N–H and O–H groups in total. The quantitative estimate of drug-likeness (QED) is 0.759. The van der Waals surface area contributed by atoms with Gasteiger partial charge < -0.3 is 5.32 Å². The minimum Gasteiger partial charge on any atom is -0.323 e. The summed E-state index contributed by atoms with van der Waals surface area (Å²) in [5.74, 6) is -0.0162. The summed E-state index contributed by atoms with van der Waals surface area (Å²) >= 11 is 1.77. The van der Waals surface area contributed by atoms with Crippen molar-refractivity contribution in [3.8, 4) is 0 Å². The molecule has 2 aliphatic heterocycles. The van der Waals surface area contributed by atoms with E-state index in [2.05, 4.69) is 40.2 Å². The van der Waals surface area contributed by atoms with Crippen molar-refractivity contribution in [3.05, 3.63) is 29.3 Å². The lowest BCUT2D eigenvalue weighted by Crippen LogP contribution is -2.52. The molecule has 1 atom stereocenters. The second kappa shape index (κ2) is 7.90. The molecule has 0 bridgehead atoms. The van der Waals surface area contributed by atoms with Crippen LogP contribution in [0.3, 0.4) is 0 Å². The normalized spacial score (nSPS) is 24.0. The van der Waals surface area contributed by atoms with E-state index in [-0.39, 0.29) is 18.0 Å². The first kappa shape index (κ1) is 19.9. The average molecular weight is 428 g/mol. The molecule has 0 unspecified atom stereocenters. The molecule has 3 heterocycles. The van der Waals surface area contributed by atoms with E-state index in [1.807, 2.05) is 6.07 Å². The van der Waals surface area contributed by atoms with Gasteiger partial charge in [0.1, 0.15) is 10.5 Å². The number of aromatic nitrogens is 1. The maximum absolute atomic E-state index is 13.0. The standard InChI is InChI=1S/C22H29N5O2S/c1-16(19-23-17-7-3-4-8-18(17)30-19)26-13-11-25(12-14-26)15-27-20(28)22(24-21(27)29)9-5-2-6-10-22/h3-4,7-8,16H,2,5-6,9-15H2,1H3,(H,24,29)/t16-/m0/s1. The molecule has 7 nitrogen and oxygen atoms in total. The number of nitrogens with zero attached hydrogens (tertiary/aromatic N) is 4. The van der Waals surface area contributed by atoms with E-state index >= 15 is 0 Å². The Morgan fingerprint density at radius 2 is 1.83 bits per heavy atom. The van der Waals surface area contributed by atoms with E-state index in [0.717, 1.165) is 68.8 Å². The molecule has 2 aromatic rings. The summed E-state index contributed by atoms with van der Waals surface area (Å²) in [6, 6.07) is 8.33. The monoisotopic (exact) mass is 427 g/mol. The molecule has 8 heteroatoms. The Hall–Kier alpha value is -2.03. The first-order chi connectivity index (χ1) is 14.6. The molecular weight excluding hydrogens is 398 g/mol. The van der Waals surface area contributed by atoms with Crippen LogP contribution in [-0.4, -0.2) is 70.0 Å². The largest absolute Gasteiger partial charge is 0.326 e. The van der Waals surface area contributed by atoms with Gasteiger partial charge in [0, 0.05) is 26.2 Å². The van der Waals surface area contributed by atoms with Crippen LogP contribution in [0, 0.1) is 0 Å². The van der Waals surface area contributed by atoms with E-state index in [4.69, 9.17) is 4.98 Å². The number of nitrogens with one attached hydrogen (secondary N) is 1. The minimum atomic E-state index is -0.626. The van der Waals surface area contributed by atoms with Gasteiger partial charge in [0.05, 0.1) is 22.9 Å². The summed E-state index contributed by atoms with van der Waals surface area (Å²) in [7, 11) is 0. The van der Waals surface area contributed by atoms with Gasteiger partial charge in [0.25, 0.3) is 5.91 Å². The number of carbonyl (C=O) groups excluding carboxylic acids is 2. The second-order valence-electron chi connectivity index (χ2n) is 8.80. The summed E-state index contributed by atoms with van der Waals surface area (Å²) in [6.07, 6.45) is 4.74. The first-order valence-corrected chi connectivity index (χ1v) is 11.8. The molecule has 3 fully saturated rings. The number of urea groups is 1.